The lowest BCUT2D eigenvalue weighted by molar-refractivity contribution is 1.37. The summed E-state index contributed by atoms with van der Waals surface area (Å²) in [5, 5.41) is 10.6. The first-order valence-electron chi connectivity index (χ1n) is 3.85. The van der Waals surface area contributed by atoms with Crippen LogP contribution in [0.25, 0.3) is 10.8 Å². The van der Waals surface area contributed by atoms with Gasteiger partial charge in [0.2, 0.25) is 0 Å². The highest BCUT2D eigenvalue weighted by Crippen LogP contribution is 2.18. The molecule has 1 aromatic heterocycles. The van der Waals surface area contributed by atoms with Gasteiger partial charge in [0.15, 0.2) is 0 Å². The van der Waals surface area contributed by atoms with Gasteiger partial charge < -0.3 is 5.73 Å². The lowest BCUT2D eigenvalue weighted by atomic mass is 10.1. The molecule has 0 aliphatic rings. The molecule has 1 heterocycles. The van der Waals surface area contributed by atoms with E-state index in [4.69, 9.17) is 11.0 Å². The van der Waals surface area contributed by atoms with E-state index in [1.807, 2.05) is 12.1 Å². The van der Waals surface area contributed by atoms with Crippen LogP contribution in [0.1, 0.15) is 5.56 Å². The molecule has 2 N–H and O–H groups in total. The Kier molecular flexibility index (Phi) is 1.60. The second kappa shape index (κ2) is 2.76. The maximum atomic E-state index is 8.82. The highest BCUT2D eigenvalue weighted by Gasteiger charge is 1.99. The first kappa shape index (κ1) is 7.56. The molecule has 62 valence electrons. The molecule has 2 aromatic rings. The number of nitrogens with two attached hydrogens (primary N) is 1. The minimum absolute atomic E-state index is 0.440. The highest BCUT2D eigenvalue weighted by atomic mass is 14.8. The molecule has 0 aliphatic heterocycles. The van der Waals surface area contributed by atoms with E-state index in [-0.39, 0.29) is 0 Å². The Morgan fingerprint density at radius 2 is 2.23 bits per heavy atom. The molecule has 0 saturated carbocycles. The van der Waals surface area contributed by atoms with Gasteiger partial charge in [-0.15, -0.1) is 0 Å². The summed E-state index contributed by atoms with van der Waals surface area (Å²) in [6.45, 7) is 0. The first-order chi connectivity index (χ1) is 6.31. The molecule has 0 saturated heterocycles. The fourth-order valence-electron chi connectivity index (χ4n) is 1.28. The number of hydrogen-bond acceptors (Lipinski definition) is 3. The van der Waals surface area contributed by atoms with Crippen LogP contribution in [-0.2, 0) is 0 Å². The average molecular weight is 169 g/mol. The van der Waals surface area contributed by atoms with E-state index in [9.17, 15) is 0 Å². The van der Waals surface area contributed by atoms with Crippen molar-refractivity contribution in [1.29, 1.82) is 5.26 Å². The number of fused-ring (bicyclic) bond motifs is 1. The zero-order valence-electron chi connectivity index (χ0n) is 6.86. The Bertz CT molecular complexity index is 497. The molecule has 2 rings (SSSR count). The van der Waals surface area contributed by atoms with Crippen LogP contribution in [0.3, 0.4) is 0 Å². The molecule has 0 radical (unpaired) electrons. The Morgan fingerprint density at radius 1 is 1.38 bits per heavy atom. The van der Waals surface area contributed by atoms with E-state index >= 15 is 0 Å². The number of rotatable bonds is 0. The van der Waals surface area contributed by atoms with Gasteiger partial charge in [0, 0.05) is 17.0 Å². The molecule has 0 fully saturated rings. The van der Waals surface area contributed by atoms with Gasteiger partial charge in [0.05, 0.1) is 11.6 Å². The van der Waals surface area contributed by atoms with Gasteiger partial charge in [-0.3, -0.25) is 0 Å². The van der Waals surface area contributed by atoms with Crippen molar-refractivity contribution in [2.24, 2.45) is 0 Å². The highest BCUT2D eigenvalue weighted by molar-refractivity contribution is 5.88. The van der Waals surface area contributed by atoms with Crippen molar-refractivity contribution in [3.05, 3.63) is 36.0 Å². The topological polar surface area (TPSA) is 62.7 Å². The van der Waals surface area contributed by atoms with E-state index in [0.29, 0.717) is 11.4 Å². The van der Waals surface area contributed by atoms with Crippen LogP contribution in [0.5, 0.6) is 0 Å². The van der Waals surface area contributed by atoms with Crippen molar-refractivity contribution >= 4 is 16.6 Å². The second-order valence-corrected chi connectivity index (χ2v) is 2.75. The van der Waals surface area contributed by atoms with Crippen LogP contribution in [-0.4, -0.2) is 4.98 Å². The van der Waals surface area contributed by atoms with Gasteiger partial charge in [0.1, 0.15) is 5.82 Å². The second-order valence-electron chi connectivity index (χ2n) is 2.75. The summed E-state index contributed by atoms with van der Waals surface area (Å²) < 4.78 is 0. The molecular formula is C10H7N3. The summed E-state index contributed by atoms with van der Waals surface area (Å²) in [5.41, 5.74) is 6.16. The average Bonchev–Trinajstić information content (AvgIpc) is 2.17. The largest absolute Gasteiger partial charge is 0.384 e. The SMILES string of the molecule is N#Cc1cccc2cnc(N)cc12. The van der Waals surface area contributed by atoms with E-state index < -0.39 is 0 Å². The molecule has 0 spiro atoms. The summed E-state index contributed by atoms with van der Waals surface area (Å²) in [7, 11) is 0. The lowest BCUT2D eigenvalue weighted by Gasteiger charge is -1.99. The van der Waals surface area contributed by atoms with Gasteiger partial charge in [-0.25, -0.2) is 4.98 Å². The van der Waals surface area contributed by atoms with E-state index in [2.05, 4.69) is 11.1 Å². The quantitative estimate of drug-likeness (QED) is 0.652. The number of benzene rings is 1. The number of aromatic nitrogens is 1. The van der Waals surface area contributed by atoms with E-state index in [1.165, 1.54) is 0 Å². The summed E-state index contributed by atoms with van der Waals surface area (Å²) >= 11 is 0. The van der Waals surface area contributed by atoms with Crippen molar-refractivity contribution in [2.75, 3.05) is 5.73 Å². The predicted octanol–water partition coefficient (Wildman–Crippen LogP) is 1.69. The first-order valence-corrected chi connectivity index (χ1v) is 3.85. The molecule has 0 unspecified atom stereocenters. The number of pyridine rings is 1. The van der Waals surface area contributed by atoms with Gasteiger partial charge in [-0.2, -0.15) is 5.26 Å². The van der Waals surface area contributed by atoms with Crippen molar-refractivity contribution in [3.8, 4) is 6.07 Å². The zero-order valence-corrected chi connectivity index (χ0v) is 6.86. The van der Waals surface area contributed by atoms with Crippen LogP contribution in [0.4, 0.5) is 5.82 Å². The predicted molar refractivity (Wildman–Crippen MR) is 50.9 cm³/mol. The molecule has 0 aliphatic carbocycles. The lowest BCUT2D eigenvalue weighted by Crippen LogP contribution is -1.89. The minimum Gasteiger partial charge on any atom is -0.384 e. The Morgan fingerprint density at radius 3 is 3.00 bits per heavy atom. The fraction of sp³-hybridized carbons (Fsp3) is 0. The van der Waals surface area contributed by atoms with E-state index in [0.717, 1.165) is 10.8 Å². The third-order valence-electron chi connectivity index (χ3n) is 1.91. The summed E-state index contributed by atoms with van der Waals surface area (Å²) in [5.74, 6) is 0.440. The number of nitrogen functional groups attached to an aromatic ring is 1. The Hall–Kier alpha value is -2.08. The summed E-state index contributed by atoms with van der Waals surface area (Å²) in [4.78, 5) is 3.95. The van der Waals surface area contributed by atoms with Crippen LogP contribution in [0, 0.1) is 11.3 Å². The van der Waals surface area contributed by atoms with Crippen LogP contribution in [0.2, 0.25) is 0 Å². The summed E-state index contributed by atoms with van der Waals surface area (Å²) in [6.07, 6.45) is 1.67. The van der Waals surface area contributed by atoms with Crippen molar-refractivity contribution in [1.82, 2.24) is 4.98 Å². The number of hydrogen-bond donors (Lipinski definition) is 1. The van der Waals surface area contributed by atoms with Crippen LogP contribution >= 0.6 is 0 Å². The molecule has 3 heteroatoms. The van der Waals surface area contributed by atoms with Gasteiger partial charge >= 0.3 is 0 Å². The maximum absolute atomic E-state index is 8.82. The molecular weight excluding hydrogens is 162 g/mol. The molecule has 0 atom stereocenters. The van der Waals surface area contributed by atoms with Crippen molar-refractivity contribution in [3.63, 3.8) is 0 Å². The van der Waals surface area contributed by atoms with Gasteiger partial charge in [-0.1, -0.05) is 12.1 Å². The third kappa shape index (κ3) is 1.18. The monoisotopic (exact) mass is 169 g/mol. The Balaban J connectivity index is 2.89. The molecule has 1 aromatic carbocycles. The van der Waals surface area contributed by atoms with Gasteiger partial charge in [-0.05, 0) is 12.1 Å². The van der Waals surface area contributed by atoms with Crippen molar-refractivity contribution in [2.45, 2.75) is 0 Å². The number of anilines is 1. The number of nitrogens with zero attached hydrogens (tertiary/aromatic N) is 2. The molecule has 13 heavy (non-hydrogen) atoms. The molecule has 0 amide bonds. The number of nitriles is 1. The van der Waals surface area contributed by atoms with E-state index in [1.54, 1.807) is 18.3 Å². The fourth-order valence-corrected chi connectivity index (χ4v) is 1.28. The molecule has 3 nitrogen and oxygen atoms in total. The standard InChI is InChI=1S/C10H7N3/c11-5-7-2-1-3-8-6-13-10(12)4-9(7)8/h1-4,6H,(H2,12,13). The normalized spacial score (nSPS) is 9.77. The third-order valence-corrected chi connectivity index (χ3v) is 1.91. The zero-order chi connectivity index (χ0) is 9.26. The summed E-state index contributed by atoms with van der Waals surface area (Å²) in [6, 6.07) is 9.33. The minimum atomic E-state index is 0.440. The van der Waals surface area contributed by atoms with Crippen LogP contribution < -0.4 is 5.73 Å². The Labute approximate surface area is 75.4 Å². The smallest absolute Gasteiger partial charge is 0.123 e. The van der Waals surface area contributed by atoms with Gasteiger partial charge in [0.25, 0.3) is 0 Å². The van der Waals surface area contributed by atoms with Crippen molar-refractivity contribution < 1.29 is 0 Å². The van der Waals surface area contributed by atoms with Crippen LogP contribution in [0.15, 0.2) is 30.5 Å². The molecule has 0 bridgehead atoms. The maximum Gasteiger partial charge on any atom is 0.123 e.